The molecule has 0 aromatic carbocycles. The average Bonchev–Trinajstić information content (AvgIpc) is 3.19. The number of fused-ring (bicyclic) bond motifs is 2. The molecular formula is C26H38O2. The van der Waals surface area contributed by atoms with Crippen molar-refractivity contribution in [2.24, 2.45) is 23.7 Å². The highest BCUT2D eigenvalue weighted by molar-refractivity contribution is 6.00. The highest BCUT2D eigenvalue weighted by Gasteiger charge is 2.47. The summed E-state index contributed by atoms with van der Waals surface area (Å²) in [7, 11) is 0. The van der Waals surface area contributed by atoms with Gasteiger partial charge in [0, 0.05) is 12.8 Å². The summed E-state index contributed by atoms with van der Waals surface area (Å²) in [5.74, 6) is 3.21. The van der Waals surface area contributed by atoms with E-state index in [-0.39, 0.29) is 0 Å². The van der Waals surface area contributed by atoms with Crippen LogP contribution in [0.5, 0.6) is 0 Å². The van der Waals surface area contributed by atoms with E-state index in [1.54, 1.807) is 11.1 Å². The Bertz CT molecular complexity index is 635. The van der Waals surface area contributed by atoms with Gasteiger partial charge in [0.25, 0.3) is 0 Å². The van der Waals surface area contributed by atoms with Gasteiger partial charge in [0.2, 0.25) is 0 Å². The fourth-order valence-corrected chi connectivity index (χ4v) is 6.98. The molecule has 0 saturated heterocycles. The molecular weight excluding hydrogens is 344 g/mol. The van der Waals surface area contributed by atoms with Crippen LogP contribution in [0.2, 0.25) is 0 Å². The molecule has 0 aromatic heterocycles. The van der Waals surface area contributed by atoms with E-state index in [1.807, 2.05) is 0 Å². The number of hydrogen-bond acceptors (Lipinski definition) is 2. The van der Waals surface area contributed by atoms with Crippen molar-refractivity contribution in [3.05, 3.63) is 22.3 Å². The van der Waals surface area contributed by atoms with Crippen LogP contribution in [0.4, 0.5) is 0 Å². The van der Waals surface area contributed by atoms with Crippen molar-refractivity contribution >= 4 is 11.6 Å². The molecule has 4 rings (SSSR count). The SMILES string of the molecule is CCCCC1=C2CCC[C@H]([C@H]3CCCC4=C(CCCC)C(=O)C[C@@H]43)[C@H]2CC1=O. The van der Waals surface area contributed by atoms with Crippen LogP contribution in [-0.4, -0.2) is 11.6 Å². The fourth-order valence-electron chi connectivity index (χ4n) is 6.98. The third-order valence-corrected chi connectivity index (χ3v) is 8.27. The predicted molar refractivity (Wildman–Crippen MR) is 114 cm³/mol. The van der Waals surface area contributed by atoms with Gasteiger partial charge in [0.15, 0.2) is 11.6 Å². The van der Waals surface area contributed by atoms with Gasteiger partial charge in [-0.2, -0.15) is 0 Å². The first-order valence-electron chi connectivity index (χ1n) is 12.2. The molecule has 2 nitrogen and oxygen atoms in total. The van der Waals surface area contributed by atoms with Crippen LogP contribution >= 0.6 is 0 Å². The van der Waals surface area contributed by atoms with Crippen LogP contribution in [0.25, 0.3) is 0 Å². The number of unbranched alkanes of at least 4 members (excludes halogenated alkanes) is 2. The largest absolute Gasteiger partial charge is 0.295 e. The van der Waals surface area contributed by atoms with Gasteiger partial charge < -0.3 is 0 Å². The molecule has 2 fully saturated rings. The molecule has 4 aliphatic carbocycles. The van der Waals surface area contributed by atoms with Crippen molar-refractivity contribution in [1.29, 1.82) is 0 Å². The molecule has 0 unspecified atom stereocenters. The van der Waals surface area contributed by atoms with E-state index in [4.69, 9.17) is 0 Å². The summed E-state index contributed by atoms with van der Waals surface area (Å²) < 4.78 is 0. The Kier molecular flexibility index (Phi) is 6.23. The van der Waals surface area contributed by atoms with Crippen LogP contribution in [0.15, 0.2) is 22.3 Å². The van der Waals surface area contributed by atoms with Gasteiger partial charge >= 0.3 is 0 Å². The summed E-state index contributed by atoms with van der Waals surface area (Å²) in [5.41, 5.74) is 5.52. The second kappa shape index (κ2) is 8.67. The number of carbonyl (C=O) groups is 2. The van der Waals surface area contributed by atoms with Crippen LogP contribution < -0.4 is 0 Å². The highest BCUT2D eigenvalue weighted by Crippen LogP contribution is 2.55. The first-order chi connectivity index (χ1) is 13.7. The Morgan fingerprint density at radius 3 is 1.54 bits per heavy atom. The maximum absolute atomic E-state index is 12.8. The predicted octanol–water partition coefficient (Wildman–Crippen LogP) is 6.74. The topological polar surface area (TPSA) is 34.1 Å². The Morgan fingerprint density at radius 2 is 1.14 bits per heavy atom. The molecule has 4 atom stereocenters. The maximum atomic E-state index is 12.8. The second-order valence-corrected chi connectivity index (χ2v) is 9.79. The first kappa shape index (κ1) is 20.1. The lowest BCUT2D eigenvalue weighted by molar-refractivity contribution is -0.117. The average molecular weight is 383 g/mol. The number of hydrogen-bond donors (Lipinski definition) is 0. The normalized spacial score (nSPS) is 32.9. The molecule has 154 valence electrons. The lowest BCUT2D eigenvalue weighted by atomic mass is 9.62. The Hall–Kier alpha value is -1.18. The summed E-state index contributed by atoms with van der Waals surface area (Å²) in [4.78, 5) is 25.6. The van der Waals surface area contributed by atoms with Crippen molar-refractivity contribution in [1.82, 2.24) is 0 Å². The molecule has 0 N–H and O–H groups in total. The molecule has 4 aliphatic rings. The zero-order valence-electron chi connectivity index (χ0n) is 18.0. The molecule has 0 radical (unpaired) electrons. The molecule has 0 spiro atoms. The third kappa shape index (κ3) is 3.57. The van der Waals surface area contributed by atoms with E-state index < -0.39 is 0 Å². The Labute approximate surface area is 171 Å². The Morgan fingerprint density at radius 1 is 0.714 bits per heavy atom. The highest BCUT2D eigenvalue weighted by atomic mass is 16.1. The van der Waals surface area contributed by atoms with Crippen LogP contribution in [-0.2, 0) is 9.59 Å². The molecule has 0 aliphatic heterocycles. The molecule has 0 bridgehead atoms. The summed E-state index contributed by atoms with van der Waals surface area (Å²) in [6.45, 7) is 4.43. The fraction of sp³-hybridized carbons (Fsp3) is 0.769. The van der Waals surface area contributed by atoms with Gasteiger partial charge in [-0.05, 0) is 99.0 Å². The van der Waals surface area contributed by atoms with Crippen molar-refractivity contribution < 1.29 is 9.59 Å². The standard InChI is InChI=1S/C26H38O2/c1-3-5-9-21-19-13-7-11-17(23(19)15-25(21)27)18-12-8-14-20-22(10-6-4-2)26(28)16-24(18)20/h17-18,23-24H,3-16H2,1-2H3/t17-,18-,23-,24-/m1/s1. The Balaban J connectivity index is 1.57. The third-order valence-electron chi connectivity index (χ3n) is 8.27. The zero-order valence-corrected chi connectivity index (χ0v) is 18.0. The molecule has 2 saturated carbocycles. The van der Waals surface area contributed by atoms with Gasteiger partial charge in [0.1, 0.15) is 0 Å². The van der Waals surface area contributed by atoms with E-state index in [0.717, 1.165) is 51.4 Å². The minimum absolute atomic E-state index is 0.457. The number of rotatable bonds is 7. The van der Waals surface area contributed by atoms with Crippen molar-refractivity contribution in [2.75, 3.05) is 0 Å². The lowest BCUT2D eigenvalue weighted by Crippen LogP contribution is -2.34. The van der Waals surface area contributed by atoms with Crippen molar-refractivity contribution in [2.45, 2.75) is 104 Å². The van der Waals surface area contributed by atoms with Crippen LogP contribution in [0.1, 0.15) is 104 Å². The molecule has 0 heterocycles. The van der Waals surface area contributed by atoms with Crippen LogP contribution in [0, 0.1) is 23.7 Å². The van der Waals surface area contributed by atoms with Gasteiger partial charge in [-0.1, -0.05) is 37.8 Å². The van der Waals surface area contributed by atoms with Crippen LogP contribution in [0.3, 0.4) is 0 Å². The monoisotopic (exact) mass is 382 g/mol. The summed E-state index contributed by atoms with van der Waals surface area (Å²) in [5, 5.41) is 0. The van der Waals surface area contributed by atoms with Crippen molar-refractivity contribution in [3.8, 4) is 0 Å². The van der Waals surface area contributed by atoms with E-state index in [1.165, 1.54) is 49.7 Å². The van der Waals surface area contributed by atoms with Gasteiger partial charge in [-0.3, -0.25) is 9.59 Å². The maximum Gasteiger partial charge on any atom is 0.159 e. The van der Waals surface area contributed by atoms with E-state index in [0.29, 0.717) is 35.2 Å². The summed E-state index contributed by atoms with van der Waals surface area (Å²) in [6.07, 6.45) is 15.6. The number of carbonyl (C=O) groups excluding carboxylic acids is 2. The minimum Gasteiger partial charge on any atom is -0.295 e. The summed E-state index contributed by atoms with van der Waals surface area (Å²) in [6, 6.07) is 0. The molecule has 28 heavy (non-hydrogen) atoms. The molecule has 0 aromatic rings. The minimum atomic E-state index is 0.457. The van der Waals surface area contributed by atoms with Gasteiger partial charge in [-0.25, -0.2) is 0 Å². The smallest absolute Gasteiger partial charge is 0.159 e. The number of ketones is 2. The second-order valence-electron chi connectivity index (χ2n) is 9.79. The van der Waals surface area contributed by atoms with Gasteiger partial charge in [0.05, 0.1) is 0 Å². The number of allylic oxidation sites excluding steroid dienone is 4. The molecule has 2 heteroatoms. The lowest BCUT2D eigenvalue weighted by Gasteiger charge is -2.42. The van der Waals surface area contributed by atoms with Crippen molar-refractivity contribution in [3.63, 3.8) is 0 Å². The quantitative estimate of drug-likeness (QED) is 0.488. The zero-order chi connectivity index (χ0) is 19.7. The summed E-state index contributed by atoms with van der Waals surface area (Å²) >= 11 is 0. The molecule has 0 amide bonds. The van der Waals surface area contributed by atoms with E-state index in [9.17, 15) is 9.59 Å². The van der Waals surface area contributed by atoms with E-state index in [2.05, 4.69) is 13.8 Å². The van der Waals surface area contributed by atoms with E-state index >= 15 is 0 Å². The number of Topliss-reactive ketones (excluding diaryl/α,β-unsaturated/α-hetero) is 2. The first-order valence-corrected chi connectivity index (χ1v) is 12.2. The van der Waals surface area contributed by atoms with Gasteiger partial charge in [-0.15, -0.1) is 0 Å².